The summed E-state index contributed by atoms with van der Waals surface area (Å²) in [5.41, 5.74) is 1.91. The first-order chi connectivity index (χ1) is 11.7. The predicted octanol–water partition coefficient (Wildman–Crippen LogP) is 2.06. The Morgan fingerprint density at radius 3 is 3.00 bits per heavy atom. The van der Waals surface area contributed by atoms with E-state index in [0.29, 0.717) is 35.9 Å². The van der Waals surface area contributed by atoms with Crippen molar-refractivity contribution in [2.24, 2.45) is 0 Å². The van der Waals surface area contributed by atoms with Crippen molar-refractivity contribution in [1.82, 2.24) is 24.3 Å². The van der Waals surface area contributed by atoms with Crippen LogP contribution in [0, 0.1) is 6.92 Å². The van der Waals surface area contributed by atoms with Crippen LogP contribution in [-0.4, -0.2) is 38.0 Å². The van der Waals surface area contributed by atoms with E-state index in [1.54, 1.807) is 16.9 Å². The minimum Gasteiger partial charge on any atom is -0.490 e. The molecule has 0 fully saturated rings. The molecular formula is C17H21N5O2. The van der Waals surface area contributed by atoms with Crippen LogP contribution >= 0.6 is 0 Å². The van der Waals surface area contributed by atoms with Gasteiger partial charge >= 0.3 is 0 Å². The van der Waals surface area contributed by atoms with Gasteiger partial charge in [0.25, 0.3) is 5.91 Å². The van der Waals surface area contributed by atoms with Crippen LogP contribution in [0.15, 0.2) is 37.1 Å². The number of fused-ring (bicyclic) bond motifs is 1. The molecule has 7 heteroatoms. The van der Waals surface area contributed by atoms with Crippen LogP contribution in [0.5, 0.6) is 5.75 Å². The normalized spacial score (nSPS) is 10.9. The molecule has 0 radical (unpaired) electrons. The summed E-state index contributed by atoms with van der Waals surface area (Å²) >= 11 is 0. The quantitative estimate of drug-likeness (QED) is 0.674. The Balaban J connectivity index is 1.70. The van der Waals surface area contributed by atoms with Crippen molar-refractivity contribution in [3.8, 4) is 5.75 Å². The maximum atomic E-state index is 12.5. The zero-order valence-electron chi connectivity index (χ0n) is 13.9. The third kappa shape index (κ3) is 3.24. The first-order valence-corrected chi connectivity index (χ1v) is 8.05. The van der Waals surface area contributed by atoms with Crippen LogP contribution < -0.4 is 10.1 Å². The summed E-state index contributed by atoms with van der Waals surface area (Å²) in [5, 5.41) is 2.96. The Kier molecular flexibility index (Phi) is 4.79. The number of rotatable bonds is 7. The largest absolute Gasteiger partial charge is 0.490 e. The Bertz CT molecular complexity index is 823. The molecule has 126 valence electrons. The van der Waals surface area contributed by atoms with Gasteiger partial charge in [0.1, 0.15) is 5.69 Å². The second-order valence-corrected chi connectivity index (χ2v) is 5.45. The summed E-state index contributed by atoms with van der Waals surface area (Å²) < 4.78 is 9.35. The lowest BCUT2D eigenvalue weighted by molar-refractivity contribution is 0.0946. The lowest BCUT2D eigenvalue weighted by atomic mass is 10.3. The third-order valence-corrected chi connectivity index (χ3v) is 3.74. The van der Waals surface area contributed by atoms with E-state index in [1.807, 2.05) is 42.9 Å². The first kappa shape index (κ1) is 16.0. The van der Waals surface area contributed by atoms with E-state index in [0.717, 1.165) is 13.0 Å². The Labute approximate surface area is 140 Å². The highest BCUT2D eigenvalue weighted by atomic mass is 16.5. The van der Waals surface area contributed by atoms with E-state index in [2.05, 4.69) is 15.3 Å². The van der Waals surface area contributed by atoms with E-state index >= 15 is 0 Å². The molecule has 24 heavy (non-hydrogen) atoms. The molecule has 0 aliphatic rings. The van der Waals surface area contributed by atoms with Gasteiger partial charge < -0.3 is 14.6 Å². The van der Waals surface area contributed by atoms with E-state index in [-0.39, 0.29) is 5.91 Å². The van der Waals surface area contributed by atoms with Gasteiger partial charge in [-0.25, -0.2) is 9.97 Å². The van der Waals surface area contributed by atoms with Gasteiger partial charge in [-0.15, -0.1) is 0 Å². The van der Waals surface area contributed by atoms with Crippen LogP contribution in [-0.2, 0) is 6.54 Å². The van der Waals surface area contributed by atoms with E-state index in [4.69, 9.17) is 4.74 Å². The molecule has 0 unspecified atom stereocenters. The topological polar surface area (TPSA) is 73.5 Å². The minimum atomic E-state index is -0.126. The van der Waals surface area contributed by atoms with Crippen molar-refractivity contribution < 1.29 is 9.53 Å². The first-order valence-electron chi connectivity index (χ1n) is 8.05. The SMILES string of the molecule is CCOc1cccn2c(C(=O)NCCCn3ccnc3)c(C)nc12. The molecule has 7 nitrogen and oxygen atoms in total. The van der Waals surface area contributed by atoms with Gasteiger partial charge in [-0.1, -0.05) is 0 Å². The monoisotopic (exact) mass is 327 g/mol. The maximum absolute atomic E-state index is 12.5. The molecule has 3 aromatic heterocycles. The van der Waals surface area contributed by atoms with Gasteiger partial charge in [0.15, 0.2) is 11.4 Å². The number of aromatic nitrogens is 4. The minimum absolute atomic E-state index is 0.126. The van der Waals surface area contributed by atoms with Gasteiger partial charge in [0.05, 0.1) is 18.6 Å². The average molecular weight is 327 g/mol. The second-order valence-electron chi connectivity index (χ2n) is 5.45. The molecule has 0 spiro atoms. The number of imidazole rings is 2. The standard InChI is InChI=1S/C17H21N5O2/c1-3-24-14-6-4-10-22-15(13(2)20-16(14)22)17(23)19-7-5-9-21-11-8-18-12-21/h4,6,8,10-12H,3,5,7,9H2,1-2H3,(H,19,23). The van der Waals surface area contributed by atoms with Crippen molar-refractivity contribution in [1.29, 1.82) is 0 Å². The van der Waals surface area contributed by atoms with Crippen molar-refractivity contribution in [2.45, 2.75) is 26.8 Å². The molecule has 0 aromatic carbocycles. The number of aryl methyl sites for hydroxylation is 2. The predicted molar refractivity (Wildman–Crippen MR) is 90.3 cm³/mol. The van der Waals surface area contributed by atoms with Gasteiger partial charge in [-0.3, -0.25) is 9.20 Å². The van der Waals surface area contributed by atoms with Gasteiger partial charge in [0.2, 0.25) is 0 Å². The summed E-state index contributed by atoms with van der Waals surface area (Å²) in [4.78, 5) is 21.0. The third-order valence-electron chi connectivity index (χ3n) is 3.74. The lowest BCUT2D eigenvalue weighted by Gasteiger charge is -2.08. The molecule has 3 rings (SSSR count). The molecule has 3 heterocycles. The maximum Gasteiger partial charge on any atom is 0.270 e. The highest BCUT2D eigenvalue weighted by Crippen LogP contribution is 2.21. The summed E-state index contributed by atoms with van der Waals surface area (Å²) in [6, 6.07) is 3.72. The molecule has 1 N–H and O–H groups in total. The summed E-state index contributed by atoms with van der Waals surface area (Å²) in [6.07, 6.45) is 8.09. The number of hydrogen-bond acceptors (Lipinski definition) is 4. The average Bonchev–Trinajstić information content (AvgIpc) is 3.19. The van der Waals surface area contributed by atoms with Gasteiger partial charge in [-0.2, -0.15) is 0 Å². The van der Waals surface area contributed by atoms with Crippen molar-refractivity contribution >= 4 is 11.6 Å². The molecule has 0 saturated heterocycles. The van der Waals surface area contributed by atoms with E-state index < -0.39 is 0 Å². The van der Waals surface area contributed by atoms with Crippen molar-refractivity contribution in [3.63, 3.8) is 0 Å². The summed E-state index contributed by atoms with van der Waals surface area (Å²) in [7, 11) is 0. The molecule has 0 bridgehead atoms. The molecule has 3 aromatic rings. The van der Waals surface area contributed by atoms with Gasteiger partial charge in [0, 0.05) is 31.7 Å². The number of nitrogens with zero attached hydrogens (tertiary/aromatic N) is 4. The number of amides is 1. The number of ether oxygens (including phenoxy) is 1. The zero-order chi connectivity index (χ0) is 16.9. The van der Waals surface area contributed by atoms with Crippen LogP contribution in [0.2, 0.25) is 0 Å². The molecule has 1 amide bonds. The zero-order valence-corrected chi connectivity index (χ0v) is 13.9. The van der Waals surface area contributed by atoms with E-state index in [9.17, 15) is 4.79 Å². The number of carbonyl (C=O) groups excluding carboxylic acids is 1. The smallest absolute Gasteiger partial charge is 0.270 e. The summed E-state index contributed by atoms with van der Waals surface area (Å²) in [6.45, 7) is 5.73. The van der Waals surface area contributed by atoms with Crippen LogP contribution in [0.3, 0.4) is 0 Å². The van der Waals surface area contributed by atoms with Crippen molar-refractivity contribution in [2.75, 3.05) is 13.2 Å². The fourth-order valence-electron chi connectivity index (χ4n) is 2.66. The summed E-state index contributed by atoms with van der Waals surface area (Å²) in [5.74, 6) is 0.557. The van der Waals surface area contributed by atoms with Crippen LogP contribution in [0.4, 0.5) is 0 Å². The van der Waals surface area contributed by atoms with Crippen LogP contribution in [0.1, 0.15) is 29.5 Å². The highest BCUT2D eigenvalue weighted by Gasteiger charge is 2.18. The number of nitrogens with one attached hydrogen (secondary N) is 1. The lowest BCUT2D eigenvalue weighted by Crippen LogP contribution is -2.27. The van der Waals surface area contributed by atoms with E-state index in [1.165, 1.54) is 0 Å². The number of pyridine rings is 1. The van der Waals surface area contributed by atoms with Crippen molar-refractivity contribution in [3.05, 3.63) is 48.4 Å². The fourth-order valence-corrected chi connectivity index (χ4v) is 2.66. The molecule has 0 saturated carbocycles. The Morgan fingerprint density at radius 2 is 2.25 bits per heavy atom. The number of hydrogen-bond donors (Lipinski definition) is 1. The van der Waals surface area contributed by atoms with Crippen LogP contribution in [0.25, 0.3) is 5.65 Å². The Hall–Kier alpha value is -2.83. The van der Waals surface area contributed by atoms with Gasteiger partial charge in [-0.05, 0) is 32.4 Å². The molecule has 0 atom stereocenters. The highest BCUT2D eigenvalue weighted by molar-refractivity contribution is 5.94. The molecular weight excluding hydrogens is 306 g/mol. The Morgan fingerprint density at radius 1 is 1.38 bits per heavy atom. The second kappa shape index (κ2) is 7.16. The number of carbonyl (C=O) groups is 1. The molecule has 0 aliphatic heterocycles. The molecule has 0 aliphatic carbocycles. The fraction of sp³-hybridized carbons (Fsp3) is 0.353.